The van der Waals surface area contributed by atoms with Crippen LogP contribution in [0.25, 0.3) is 39.2 Å². The first-order valence-electron chi connectivity index (χ1n) is 10.9. The lowest BCUT2D eigenvalue weighted by molar-refractivity contribution is 0.102. The zero-order valence-electron chi connectivity index (χ0n) is 18.8. The molecule has 0 atom stereocenters. The second kappa shape index (κ2) is 7.87. The predicted octanol–water partition coefficient (Wildman–Crippen LogP) is 4.37. The molecule has 2 N–H and O–H groups in total. The zero-order valence-corrected chi connectivity index (χ0v) is 18.8. The number of benzene rings is 1. The van der Waals surface area contributed by atoms with Crippen molar-refractivity contribution in [2.75, 3.05) is 5.32 Å². The monoisotopic (exact) mass is 466 g/mol. The third-order valence-corrected chi connectivity index (χ3v) is 5.91. The molecule has 35 heavy (non-hydrogen) atoms. The van der Waals surface area contributed by atoms with Crippen molar-refractivity contribution in [3.8, 4) is 22.6 Å². The molecule has 10 heteroatoms. The Morgan fingerprint density at radius 3 is 2.71 bits per heavy atom. The Kier molecular flexibility index (Phi) is 4.66. The molecule has 1 amide bonds. The summed E-state index contributed by atoms with van der Waals surface area (Å²) in [6, 6.07) is 13.4. The second-order valence-electron chi connectivity index (χ2n) is 8.17. The third kappa shape index (κ3) is 3.61. The lowest BCUT2D eigenvalue weighted by atomic mass is 10.1. The van der Waals surface area contributed by atoms with Gasteiger partial charge in [0.05, 0.1) is 17.6 Å². The molecule has 0 fully saturated rings. The van der Waals surface area contributed by atoms with Crippen LogP contribution >= 0.6 is 0 Å². The summed E-state index contributed by atoms with van der Waals surface area (Å²) in [5, 5.41) is 8.37. The molecule has 5 heterocycles. The molecular formula is C25H19FN8O. The van der Waals surface area contributed by atoms with Gasteiger partial charge in [-0.05, 0) is 55.5 Å². The fraction of sp³-hybridized carbons (Fsp3) is 0.0800. The van der Waals surface area contributed by atoms with Crippen LogP contribution in [0.15, 0.2) is 67.1 Å². The summed E-state index contributed by atoms with van der Waals surface area (Å²) >= 11 is 0. The number of halogens is 1. The van der Waals surface area contributed by atoms with Gasteiger partial charge in [-0.15, -0.1) is 0 Å². The molecule has 0 aliphatic carbocycles. The number of pyridine rings is 1. The van der Waals surface area contributed by atoms with Crippen molar-refractivity contribution in [1.82, 2.24) is 34.1 Å². The van der Waals surface area contributed by atoms with E-state index in [1.807, 2.05) is 36.7 Å². The van der Waals surface area contributed by atoms with Crippen LogP contribution in [0, 0.1) is 12.7 Å². The molecule has 0 aliphatic rings. The molecule has 6 aromatic rings. The minimum absolute atomic E-state index is 0.306. The number of nitrogens with zero attached hydrogens (tertiary/aromatic N) is 6. The summed E-state index contributed by atoms with van der Waals surface area (Å²) in [6.45, 7) is 1.90. The number of aromatic nitrogens is 7. The summed E-state index contributed by atoms with van der Waals surface area (Å²) in [7, 11) is 1.91. The summed E-state index contributed by atoms with van der Waals surface area (Å²) in [6.07, 6.45) is 5.01. The zero-order chi connectivity index (χ0) is 24.1. The van der Waals surface area contributed by atoms with E-state index < -0.39 is 0 Å². The van der Waals surface area contributed by atoms with E-state index in [4.69, 9.17) is 5.10 Å². The van der Waals surface area contributed by atoms with Crippen LogP contribution in [-0.4, -0.2) is 40.0 Å². The maximum absolute atomic E-state index is 13.5. The fourth-order valence-corrected chi connectivity index (χ4v) is 4.06. The predicted molar refractivity (Wildman–Crippen MR) is 129 cm³/mol. The number of hydrogen-bond donors (Lipinski definition) is 2. The van der Waals surface area contributed by atoms with Crippen LogP contribution in [0.4, 0.5) is 10.2 Å². The van der Waals surface area contributed by atoms with E-state index in [2.05, 4.69) is 25.3 Å². The minimum atomic E-state index is -0.314. The van der Waals surface area contributed by atoms with Gasteiger partial charge in [-0.25, -0.2) is 18.9 Å². The topological polar surface area (TPSA) is 106 Å². The molecule has 0 spiro atoms. The fourth-order valence-electron chi connectivity index (χ4n) is 4.06. The average molecular weight is 466 g/mol. The van der Waals surface area contributed by atoms with E-state index in [0.29, 0.717) is 28.5 Å². The highest BCUT2D eigenvalue weighted by atomic mass is 19.1. The maximum Gasteiger partial charge on any atom is 0.273 e. The number of imidazole rings is 2. The quantitative estimate of drug-likeness (QED) is 0.401. The van der Waals surface area contributed by atoms with Crippen LogP contribution in [-0.2, 0) is 7.05 Å². The van der Waals surface area contributed by atoms with E-state index in [0.717, 1.165) is 28.0 Å². The number of aryl methyl sites for hydroxylation is 1. The van der Waals surface area contributed by atoms with Gasteiger partial charge >= 0.3 is 0 Å². The van der Waals surface area contributed by atoms with Crippen LogP contribution in [0.5, 0.6) is 0 Å². The highest BCUT2D eigenvalue weighted by Crippen LogP contribution is 2.31. The SMILES string of the molecule is Cc1nc(-c2ccc(F)cc2)c(-c2ccc3nc(NC(=O)c4cc5cnccc5[nH]4)cn3n2)n1C. The molecule has 0 radical (unpaired) electrons. The van der Waals surface area contributed by atoms with Crippen molar-refractivity contribution >= 4 is 28.3 Å². The number of carbonyl (C=O) groups is 1. The maximum atomic E-state index is 13.5. The Hall–Kier alpha value is -4.86. The first-order chi connectivity index (χ1) is 17.0. The molecule has 5 aromatic heterocycles. The summed E-state index contributed by atoms with van der Waals surface area (Å²) in [4.78, 5) is 29.0. The van der Waals surface area contributed by atoms with Crippen molar-refractivity contribution < 1.29 is 9.18 Å². The number of hydrogen-bond acceptors (Lipinski definition) is 5. The number of nitrogens with one attached hydrogen (secondary N) is 2. The molecule has 9 nitrogen and oxygen atoms in total. The van der Waals surface area contributed by atoms with Crippen molar-refractivity contribution in [3.63, 3.8) is 0 Å². The molecule has 0 saturated carbocycles. The molecule has 172 valence electrons. The number of amides is 1. The largest absolute Gasteiger partial charge is 0.350 e. The minimum Gasteiger partial charge on any atom is -0.350 e. The van der Waals surface area contributed by atoms with Gasteiger partial charge in [0.25, 0.3) is 5.91 Å². The number of fused-ring (bicyclic) bond motifs is 2. The highest BCUT2D eigenvalue weighted by molar-refractivity contribution is 6.05. The number of H-pyrrole nitrogens is 1. The second-order valence-corrected chi connectivity index (χ2v) is 8.17. The van der Waals surface area contributed by atoms with Crippen LogP contribution in [0.2, 0.25) is 0 Å². The van der Waals surface area contributed by atoms with E-state index in [-0.39, 0.29) is 11.7 Å². The van der Waals surface area contributed by atoms with Crippen molar-refractivity contribution in [2.45, 2.75) is 6.92 Å². The number of carbonyl (C=O) groups excluding carboxylic acids is 1. The highest BCUT2D eigenvalue weighted by Gasteiger charge is 2.19. The van der Waals surface area contributed by atoms with Gasteiger partial charge in [0, 0.05) is 35.9 Å². The third-order valence-electron chi connectivity index (χ3n) is 5.91. The van der Waals surface area contributed by atoms with E-state index in [1.165, 1.54) is 12.1 Å². The number of aromatic amines is 1. The van der Waals surface area contributed by atoms with Gasteiger partial charge in [-0.3, -0.25) is 9.78 Å². The Labute approximate surface area is 198 Å². The van der Waals surface area contributed by atoms with E-state index in [1.54, 1.807) is 41.3 Å². The molecule has 0 aliphatic heterocycles. The van der Waals surface area contributed by atoms with Crippen LogP contribution in [0.1, 0.15) is 16.3 Å². The Bertz CT molecular complexity index is 1700. The standard InChI is InChI=1S/C25H19FN8O/c1-14-28-23(15-3-5-17(26)6-4-15)24(33(14)2)19-7-8-22-30-21(13-34(22)32-19)31-25(35)20-11-16-12-27-10-9-18(16)29-20/h3-13,29H,1-2H3,(H,31,35). The van der Waals surface area contributed by atoms with Crippen LogP contribution in [0.3, 0.4) is 0 Å². The normalized spacial score (nSPS) is 11.4. The van der Waals surface area contributed by atoms with E-state index in [9.17, 15) is 9.18 Å². The molecular weight excluding hydrogens is 447 g/mol. The van der Waals surface area contributed by atoms with Crippen molar-refractivity contribution in [3.05, 3.63) is 84.5 Å². The summed E-state index contributed by atoms with van der Waals surface area (Å²) < 4.78 is 17.0. The average Bonchev–Trinajstić information content (AvgIpc) is 3.54. The van der Waals surface area contributed by atoms with Gasteiger partial charge in [0.1, 0.15) is 23.0 Å². The van der Waals surface area contributed by atoms with Gasteiger partial charge in [0.15, 0.2) is 11.5 Å². The number of rotatable bonds is 4. The smallest absolute Gasteiger partial charge is 0.273 e. The summed E-state index contributed by atoms with van der Waals surface area (Å²) in [5.41, 5.74) is 4.77. The lowest BCUT2D eigenvalue weighted by Crippen LogP contribution is -2.12. The van der Waals surface area contributed by atoms with Crippen molar-refractivity contribution in [2.24, 2.45) is 7.05 Å². The first-order valence-corrected chi connectivity index (χ1v) is 10.9. The molecule has 6 rings (SSSR count). The lowest BCUT2D eigenvalue weighted by Gasteiger charge is -2.07. The Morgan fingerprint density at radius 2 is 1.91 bits per heavy atom. The van der Waals surface area contributed by atoms with Gasteiger partial charge in [-0.1, -0.05) is 0 Å². The van der Waals surface area contributed by atoms with Gasteiger partial charge < -0.3 is 14.9 Å². The Balaban J connectivity index is 1.34. The molecule has 1 aromatic carbocycles. The molecule has 0 saturated heterocycles. The first kappa shape index (κ1) is 20.7. The van der Waals surface area contributed by atoms with Crippen molar-refractivity contribution in [1.29, 1.82) is 0 Å². The molecule has 0 bridgehead atoms. The van der Waals surface area contributed by atoms with Crippen LogP contribution < -0.4 is 5.32 Å². The Morgan fingerprint density at radius 1 is 1.09 bits per heavy atom. The van der Waals surface area contributed by atoms with Gasteiger partial charge in [-0.2, -0.15) is 5.10 Å². The number of anilines is 1. The van der Waals surface area contributed by atoms with E-state index >= 15 is 0 Å². The summed E-state index contributed by atoms with van der Waals surface area (Å²) in [5.74, 6) is 0.551. The molecule has 0 unspecified atom stereocenters. The van der Waals surface area contributed by atoms with Gasteiger partial charge in [0.2, 0.25) is 0 Å².